The van der Waals surface area contributed by atoms with E-state index in [9.17, 15) is 13.2 Å². The molecule has 1 atom stereocenters. The Hall–Kier alpha value is -1.37. The van der Waals surface area contributed by atoms with Gasteiger partial charge in [0.2, 0.25) is 5.91 Å². The molecule has 1 aliphatic rings. The predicted octanol–water partition coefficient (Wildman–Crippen LogP) is 1.01. The zero-order valence-electron chi connectivity index (χ0n) is 12.7. The number of carbonyl (C=O) groups excluding carboxylic acids is 1. The Morgan fingerprint density at radius 3 is 2.81 bits per heavy atom. The number of hydrogen-bond acceptors (Lipinski definition) is 4. The molecule has 1 amide bonds. The second-order valence-corrected chi connectivity index (χ2v) is 7.83. The molecular weight excluding hydrogens is 290 g/mol. The van der Waals surface area contributed by atoms with Crippen molar-refractivity contribution in [3.05, 3.63) is 18.2 Å². The van der Waals surface area contributed by atoms with E-state index in [1.807, 2.05) is 6.92 Å². The zero-order chi connectivity index (χ0) is 15.5. The van der Waals surface area contributed by atoms with Crippen molar-refractivity contribution in [3.63, 3.8) is 0 Å². The van der Waals surface area contributed by atoms with Crippen molar-refractivity contribution >= 4 is 15.7 Å². The first-order valence-corrected chi connectivity index (χ1v) is 9.22. The van der Waals surface area contributed by atoms with Crippen molar-refractivity contribution in [1.82, 2.24) is 14.5 Å². The first-order valence-electron chi connectivity index (χ1n) is 7.40. The van der Waals surface area contributed by atoms with Crippen LogP contribution in [0.2, 0.25) is 0 Å². The summed E-state index contributed by atoms with van der Waals surface area (Å²) >= 11 is 0. The molecule has 1 aliphatic heterocycles. The standard InChI is InChI=1S/C14H23N3O3S/c1-3-4-7-17(13-5-9-21(19,20)11-13)14(18)10-16-8-6-15-12(16)2/h6,8,13H,3-5,7,9-11H2,1-2H3/t13-/m1/s1. The van der Waals surface area contributed by atoms with E-state index in [0.717, 1.165) is 18.7 Å². The molecular formula is C14H23N3O3S. The maximum Gasteiger partial charge on any atom is 0.242 e. The van der Waals surface area contributed by atoms with Gasteiger partial charge in [0.05, 0.1) is 11.5 Å². The number of aryl methyl sites for hydroxylation is 1. The summed E-state index contributed by atoms with van der Waals surface area (Å²) in [6.07, 6.45) is 5.87. The molecule has 1 saturated heterocycles. The number of carbonyl (C=O) groups is 1. The molecule has 118 valence electrons. The first-order chi connectivity index (χ1) is 9.93. The van der Waals surface area contributed by atoms with Crippen LogP contribution in [0.4, 0.5) is 0 Å². The number of hydrogen-bond donors (Lipinski definition) is 0. The van der Waals surface area contributed by atoms with Crippen LogP contribution in [0.5, 0.6) is 0 Å². The van der Waals surface area contributed by atoms with E-state index in [1.165, 1.54) is 0 Å². The van der Waals surface area contributed by atoms with Gasteiger partial charge in [-0.3, -0.25) is 4.79 Å². The summed E-state index contributed by atoms with van der Waals surface area (Å²) in [6.45, 7) is 4.77. The highest BCUT2D eigenvalue weighted by Gasteiger charge is 2.34. The second-order valence-electron chi connectivity index (χ2n) is 5.60. The quantitative estimate of drug-likeness (QED) is 0.785. The van der Waals surface area contributed by atoms with Crippen molar-refractivity contribution in [2.75, 3.05) is 18.1 Å². The maximum atomic E-state index is 12.5. The number of sulfone groups is 1. The van der Waals surface area contributed by atoms with Gasteiger partial charge in [0.1, 0.15) is 12.4 Å². The van der Waals surface area contributed by atoms with Crippen LogP contribution in [-0.4, -0.2) is 52.9 Å². The summed E-state index contributed by atoms with van der Waals surface area (Å²) in [5, 5.41) is 0. The van der Waals surface area contributed by atoms with Crippen LogP contribution >= 0.6 is 0 Å². The normalized spacial score (nSPS) is 20.6. The molecule has 2 heterocycles. The lowest BCUT2D eigenvalue weighted by Gasteiger charge is -2.28. The lowest BCUT2D eigenvalue weighted by Crippen LogP contribution is -2.43. The maximum absolute atomic E-state index is 12.5. The van der Waals surface area contributed by atoms with Crippen molar-refractivity contribution in [2.45, 2.75) is 45.7 Å². The van der Waals surface area contributed by atoms with Crippen LogP contribution in [0.3, 0.4) is 0 Å². The van der Waals surface area contributed by atoms with Gasteiger partial charge in [-0.05, 0) is 19.8 Å². The van der Waals surface area contributed by atoms with Crippen LogP contribution in [0.15, 0.2) is 12.4 Å². The molecule has 1 aromatic heterocycles. The highest BCUT2D eigenvalue weighted by molar-refractivity contribution is 7.91. The Bertz CT molecular complexity index is 594. The molecule has 0 radical (unpaired) electrons. The summed E-state index contributed by atoms with van der Waals surface area (Å²) < 4.78 is 25.1. The molecule has 0 spiro atoms. The third-order valence-corrected chi connectivity index (χ3v) is 5.70. The smallest absolute Gasteiger partial charge is 0.242 e. The fraction of sp³-hybridized carbons (Fsp3) is 0.714. The van der Waals surface area contributed by atoms with Crippen LogP contribution < -0.4 is 0 Å². The minimum absolute atomic E-state index is 0.0216. The molecule has 6 nitrogen and oxygen atoms in total. The first kappa shape index (κ1) is 16.0. The monoisotopic (exact) mass is 313 g/mol. The average molecular weight is 313 g/mol. The van der Waals surface area contributed by atoms with Gasteiger partial charge in [-0.1, -0.05) is 13.3 Å². The molecule has 1 fully saturated rings. The molecule has 0 bridgehead atoms. The fourth-order valence-electron chi connectivity index (χ4n) is 2.67. The van der Waals surface area contributed by atoms with E-state index in [0.29, 0.717) is 13.0 Å². The minimum atomic E-state index is -2.98. The molecule has 21 heavy (non-hydrogen) atoms. The van der Waals surface area contributed by atoms with Crippen molar-refractivity contribution in [3.8, 4) is 0 Å². The SMILES string of the molecule is CCCCN(C(=O)Cn1ccnc1C)[C@@H]1CCS(=O)(=O)C1. The fourth-order valence-corrected chi connectivity index (χ4v) is 4.40. The van der Waals surface area contributed by atoms with E-state index >= 15 is 0 Å². The molecule has 1 aromatic rings. The Balaban J connectivity index is 2.08. The predicted molar refractivity (Wildman–Crippen MR) is 80.6 cm³/mol. The van der Waals surface area contributed by atoms with Crippen LogP contribution in [0, 0.1) is 6.92 Å². The van der Waals surface area contributed by atoms with Gasteiger partial charge in [-0.15, -0.1) is 0 Å². The minimum Gasteiger partial charge on any atom is -0.337 e. The summed E-state index contributed by atoms with van der Waals surface area (Å²) in [4.78, 5) is 18.4. The van der Waals surface area contributed by atoms with Gasteiger partial charge in [0.25, 0.3) is 0 Å². The third kappa shape index (κ3) is 4.06. The van der Waals surface area contributed by atoms with Gasteiger partial charge in [-0.2, -0.15) is 0 Å². The largest absolute Gasteiger partial charge is 0.337 e. The molecule has 7 heteroatoms. The highest BCUT2D eigenvalue weighted by atomic mass is 32.2. The lowest BCUT2D eigenvalue weighted by molar-refractivity contribution is -0.133. The van der Waals surface area contributed by atoms with Gasteiger partial charge in [-0.25, -0.2) is 13.4 Å². The number of imidazole rings is 1. The van der Waals surface area contributed by atoms with E-state index in [4.69, 9.17) is 0 Å². The van der Waals surface area contributed by atoms with Crippen molar-refractivity contribution < 1.29 is 13.2 Å². The van der Waals surface area contributed by atoms with Crippen molar-refractivity contribution in [2.24, 2.45) is 0 Å². The number of rotatable bonds is 6. The van der Waals surface area contributed by atoms with Crippen LogP contribution in [0.25, 0.3) is 0 Å². The molecule has 0 unspecified atom stereocenters. The van der Waals surface area contributed by atoms with Gasteiger partial charge in [0, 0.05) is 25.0 Å². The zero-order valence-corrected chi connectivity index (χ0v) is 13.5. The number of nitrogens with zero attached hydrogens (tertiary/aromatic N) is 3. The molecule has 0 aromatic carbocycles. The summed E-state index contributed by atoms with van der Waals surface area (Å²) in [5.74, 6) is 1.06. The topological polar surface area (TPSA) is 72.3 Å². The van der Waals surface area contributed by atoms with E-state index < -0.39 is 9.84 Å². The molecule has 0 aliphatic carbocycles. The number of amides is 1. The Kier molecular flexibility index (Phi) is 5.03. The number of unbranched alkanes of at least 4 members (excludes halogenated alkanes) is 1. The summed E-state index contributed by atoms with van der Waals surface area (Å²) in [5.41, 5.74) is 0. The number of aromatic nitrogens is 2. The Labute approximate surface area is 126 Å². The Morgan fingerprint density at radius 1 is 1.52 bits per heavy atom. The average Bonchev–Trinajstić information content (AvgIpc) is 2.97. The van der Waals surface area contributed by atoms with Gasteiger partial charge < -0.3 is 9.47 Å². The van der Waals surface area contributed by atoms with Crippen molar-refractivity contribution in [1.29, 1.82) is 0 Å². The van der Waals surface area contributed by atoms with E-state index in [1.54, 1.807) is 21.9 Å². The molecule has 0 N–H and O–H groups in total. The van der Waals surface area contributed by atoms with Crippen LogP contribution in [0.1, 0.15) is 32.0 Å². The van der Waals surface area contributed by atoms with Gasteiger partial charge in [0.15, 0.2) is 9.84 Å². The van der Waals surface area contributed by atoms with Crippen LogP contribution in [-0.2, 0) is 21.2 Å². The molecule has 0 saturated carbocycles. The van der Waals surface area contributed by atoms with E-state index in [2.05, 4.69) is 11.9 Å². The third-order valence-electron chi connectivity index (χ3n) is 3.95. The summed E-state index contributed by atoms with van der Waals surface area (Å²) in [7, 11) is -2.98. The van der Waals surface area contributed by atoms with E-state index in [-0.39, 0.29) is 30.0 Å². The molecule has 2 rings (SSSR count). The lowest BCUT2D eigenvalue weighted by atomic mass is 10.2. The second kappa shape index (κ2) is 6.60. The summed E-state index contributed by atoms with van der Waals surface area (Å²) in [6, 6.07) is -0.169. The Morgan fingerprint density at radius 2 is 2.29 bits per heavy atom. The van der Waals surface area contributed by atoms with Gasteiger partial charge >= 0.3 is 0 Å². The highest BCUT2D eigenvalue weighted by Crippen LogP contribution is 2.19.